The summed E-state index contributed by atoms with van der Waals surface area (Å²) >= 11 is 0. The summed E-state index contributed by atoms with van der Waals surface area (Å²) in [6.45, 7) is 2.08. The molecule has 0 atom stereocenters. The van der Waals surface area contributed by atoms with Crippen LogP contribution in [-0.2, 0) is 7.05 Å². The molecule has 0 saturated carbocycles. The van der Waals surface area contributed by atoms with E-state index in [1.54, 1.807) is 6.20 Å². The molecule has 0 bridgehead atoms. The van der Waals surface area contributed by atoms with Crippen molar-refractivity contribution in [2.45, 2.75) is 6.92 Å². The highest BCUT2D eigenvalue weighted by Gasteiger charge is 2.13. The molecule has 0 aliphatic heterocycles. The van der Waals surface area contributed by atoms with Crippen molar-refractivity contribution in [3.63, 3.8) is 0 Å². The van der Waals surface area contributed by atoms with Crippen molar-refractivity contribution < 1.29 is 4.79 Å². The molecule has 2 heterocycles. The second-order valence-electron chi connectivity index (χ2n) is 4.67. The first-order valence-electron chi connectivity index (χ1n) is 6.17. The number of hydrogen-bond donors (Lipinski definition) is 0. The van der Waals surface area contributed by atoms with E-state index < -0.39 is 0 Å². The quantitative estimate of drug-likeness (QED) is 0.654. The van der Waals surface area contributed by atoms with Crippen molar-refractivity contribution in [3.05, 3.63) is 53.9 Å². The van der Waals surface area contributed by atoms with Gasteiger partial charge in [-0.15, -0.1) is 0 Å². The third kappa shape index (κ3) is 1.74. The van der Waals surface area contributed by atoms with Crippen LogP contribution in [0.1, 0.15) is 15.9 Å². The van der Waals surface area contributed by atoms with Gasteiger partial charge in [-0.05, 0) is 42.8 Å². The monoisotopic (exact) mass is 250 g/mol. The van der Waals surface area contributed by atoms with Gasteiger partial charge in [0.2, 0.25) is 0 Å². The number of aryl methyl sites for hydroxylation is 2. The van der Waals surface area contributed by atoms with Gasteiger partial charge in [0, 0.05) is 41.5 Å². The molecule has 0 amide bonds. The molecule has 0 aliphatic carbocycles. The molecular formula is C16H14N2O. The number of fused-ring (bicyclic) bond motifs is 1. The molecule has 0 N–H and O–H groups in total. The van der Waals surface area contributed by atoms with Crippen molar-refractivity contribution in [3.8, 4) is 11.3 Å². The van der Waals surface area contributed by atoms with Crippen LogP contribution in [0.4, 0.5) is 0 Å². The van der Waals surface area contributed by atoms with Crippen LogP contribution >= 0.6 is 0 Å². The SMILES string of the molecule is Cc1c(-c2cccnc2)n(C)c2ccc(C=O)cc12. The van der Waals surface area contributed by atoms with Gasteiger partial charge in [-0.3, -0.25) is 9.78 Å². The first-order valence-corrected chi connectivity index (χ1v) is 6.17. The number of aldehydes is 1. The fourth-order valence-electron chi connectivity index (χ4n) is 2.63. The number of carbonyl (C=O) groups is 1. The number of benzene rings is 1. The van der Waals surface area contributed by atoms with Crippen LogP contribution < -0.4 is 0 Å². The minimum absolute atomic E-state index is 0.707. The summed E-state index contributed by atoms with van der Waals surface area (Å²) in [4.78, 5) is 15.1. The average Bonchev–Trinajstić information content (AvgIpc) is 2.71. The van der Waals surface area contributed by atoms with E-state index in [1.165, 1.54) is 5.56 Å². The third-order valence-electron chi connectivity index (χ3n) is 3.55. The predicted octanol–water partition coefficient (Wildman–Crippen LogP) is 3.36. The first kappa shape index (κ1) is 11.7. The van der Waals surface area contributed by atoms with E-state index in [1.807, 2.05) is 37.5 Å². The van der Waals surface area contributed by atoms with Crippen molar-refractivity contribution in [2.75, 3.05) is 0 Å². The molecule has 0 radical (unpaired) electrons. The number of hydrogen-bond acceptors (Lipinski definition) is 2. The van der Waals surface area contributed by atoms with Gasteiger partial charge in [0.1, 0.15) is 6.29 Å². The lowest BCUT2D eigenvalue weighted by Crippen LogP contribution is -1.92. The topological polar surface area (TPSA) is 34.9 Å². The zero-order chi connectivity index (χ0) is 13.4. The standard InChI is InChI=1S/C16H14N2O/c1-11-14-8-12(10-19)5-6-15(14)18(2)16(11)13-4-3-7-17-9-13/h3-10H,1-2H3. The number of carbonyl (C=O) groups excluding carboxylic acids is 1. The Labute approximate surface area is 111 Å². The smallest absolute Gasteiger partial charge is 0.150 e. The Morgan fingerprint density at radius 1 is 1.26 bits per heavy atom. The Morgan fingerprint density at radius 3 is 2.79 bits per heavy atom. The molecule has 3 rings (SSSR count). The second-order valence-corrected chi connectivity index (χ2v) is 4.67. The maximum atomic E-state index is 10.9. The largest absolute Gasteiger partial charge is 0.343 e. The van der Waals surface area contributed by atoms with Gasteiger partial charge in [0.05, 0.1) is 5.69 Å². The number of rotatable bonds is 2. The molecule has 3 aromatic rings. The van der Waals surface area contributed by atoms with Crippen molar-refractivity contribution >= 4 is 17.2 Å². The van der Waals surface area contributed by atoms with Crippen LogP contribution in [0.3, 0.4) is 0 Å². The fraction of sp³-hybridized carbons (Fsp3) is 0.125. The molecule has 0 fully saturated rings. The lowest BCUT2D eigenvalue weighted by atomic mass is 10.1. The van der Waals surface area contributed by atoms with E-state index in [0.29, 0.717) is 5.56 Å². The first-order chi connectivity index (χ1) is 9.22. The zero-order valence-electron chi connectivity index (χ0n) is 10.9. The van der Waals surface area contributed by atoms with Gasteiger partial charge < -0.3 is 4.57 Å². The Balaban J connectivity index is 2.35. The molecule has 19 heavy (non-hydrogen) atoms. The van der Waals surface area contributed by atoms with Crippen molar-refractivity contribution in [1.82, 2.24) is 9.55 Å². The molecule has 1 aromatic carbocycles. The number of nitrogens with zero attached hydrogens (tertiary/aromatic N) is 2. The van der Waals surface area contributed by atoms with Gasteiger partial charge in [-0.1, -0.05) is 0 Å². The average molecular weight is 250 g/mol. The lowest BCUT2D eigenvalue weighted by Gasteiger charge is -2.05. The minimum atomic E-state index is 0.707. The molecule has 0 unspecified atom stereocenters. The van der Waals surface area contributed by atoms with Crippen LogP contribution in [0.2, 0.25) is 0 Å². The summed E-state index contributed by atoms with van der Waals surface area (Å²) in [5.41, 5.74) is 5.24. The van der Waals surface area contributed by atoms with Crippen LogP contribution in [-0.4, -0.2) is 15.8 Å². The van der Waals surface area contributed by atoms with Gasteiger partial charge >= 0.3 is 0 Å². The highest BCUT2D eigenvalue weighted by atomic mass is 16.1. The van der Waals surface area contributed by atoms with Crippen molar-refractivity contribution in [2.24, 2.45) is 7.05 Å². The van der Waals surface area contributed by atoms with E-state index >= 15 is 0 Å². The molecule has 0 saturated heterocycles. The molecule has 2 aromatic heterocycles. The van der Waals surface area contributed by atoms with Crippen LogP contribution in [0.5, 0.6) is 0 Å². The van der Waals surface area contributed by atoms with E-state index in [4.69, 9.17) is 0 Å². The highest BCUT2D eigenvalue weighted by Crippen LogP contribution is 2.32. The summed E-state index contributed by atoms with van der Waals surface area (Å²) in [6, 6.07) is 9.77. The van der Waals surface area contributed by atoms with E-state index in [-0.39, 0.29) is 0 Å². The van der Waals surface area contributed by atoms with Gasteiger partial charge in [0.25, 0.3) is 0 Å². The lowest BCUT2D eigenvalue weighted by molar-refractivity contribution is 0.112. The Bertz CT molecular complexity index is 757. The minimum Gasteiger partial charge on any atom is -0.343 e. The number of aromatic nitrogens is 2. The maximum absolute atomic E-state index is 10.9. The van der Waals surface area contributed by atoms with Gasteiger partial charge in [0.15, 0.2) is 0 Å². The van der Waals surface area contributed by atoms with Crippen molar-refractivity contribution in [1.29, 1.82) is 0 Å². The van der Waals surface area contributed by atoms with E-state index in [9.17, 15) is 4.79 Å². The molecule has 3 heteroatoms. The second kappa shape index (κ2) is 4.35. The van der Waals surface area contributed by atoms with Crippen LogP contribution in [0, 0.1) is 6.92 Å². The van der Waals surface area contributed by atoms with Crippen LogP contribution in [0.15, 0.2) is 42.7 Å². The molecule has 0 aliphatic rings. The summed E-state index contributed by atoms with van der Waals surface area (Å²) in [6.07, 6.45) is 4.52. The molecular weight excluding hydrogens is 236 g/mol. The highest BCUT2D eigenvalue weighted by molar-refractivity contribution is 5.94. The summed E-state index contributed by atoms with van der Waals surface area (Å²) < 4.78 is 2.15. The summed E-state index contributed by atoms with van der Waals surface area (Å²) in [7, 11) is 2.04. The van der Waals surface area contributed by atoms with Crippen LogP contribution in [0.25, 0.3) is 22.2 Å². The molecule has 3 nitrogen and oxygen atoms in total. The maximum Gasteiger partial charge on any atom is 0.150 e. The van der Waals surface area contributed by atoms with Gasteiger partial charge in [-0.2, -0.15) is 0 Å². The Morgan fingerprint density at radius 2 is 2.11 bits per heavy atom. The third-order valence-corrected chi connectivity index (χ3v) is 3.55. The summed E-state index contributed by atoms with van der Waals surface area (Å²) in [5.74, 6) is 0. The molecule has 94 valence electrons. The van der Waals surface area contributed by atoms with E-state index in [0.717, 1.165) is 28.4 Å². The Hall–Kier alpha value is -2.42. The summed E-state index contributed by atoms with van der Waals surface area (Å²) in [5, 5.41) is 1.12. The predicted molar refractivity (Wildman–Crippen MR) is 76.3 cm³/mol. The van der Waals surface area contributed by atoms with E-state index in [2.05, 4.69) is 22.5 Å². The Kier molecular flexibility index (Phi) is 2.67. The molecule has 0 spiro atoms. The zero-order valence-corrected chi connectivity index (χ0v) is 10.9. The number of pyridine rings is 1. The fourth-order valence-corrected chi connectivity index (χ4v) is 2.63. The van der Waals surface area contributed by atoms with Gasteiger partial charge in [-0.25, -0.2) is 0 Å². The normalized spacial score (nSPS) is 10.8.